The predicted molar refractivity (Wildman–Crippen MR) is 68.7 cm³/mol. The second-order valence-corrected chi connectivity index (χ2v) is 4.50. The Morgan fingerprint density at radius 3 is 2.80 bits per heavy atom. The fourth-order valence-electron chi connectivity index (χ4n) is 1.83. The topological polar surface area (TPSA) is 76.2 Å². The molecule has 0 unspecified atom stereocenters. The highest BCUT2D eigenvalue weighted by atomic mass is 19.1. The van der Waals surface area contributed by atoms with Crippen molar-refractivity contribution < 1.29 is 18.7 Å². The van der Waals surface area contributed by atoms with Crippen LogP contribution < -0.4 is 0 Å². The minimum atomic E-state index is -0.803. The minimum absolute atomic E-state index is 0.143. The van der Waals surface area contributed by atoms with Crippen molar-refractivity contribution in [1.29, 1.82) is 0 Å². The molecule has 106 valence electrons. The fourth-order valence-corrected chi connectivity index (χ4v) is 1.83. The van der Waals surface area contributed by atoms with Crippen molar-refractivity contribution in [3.63, 3.8) is 0 Å². The number of hydrogen-bond donors (Lipinski definition) is 1. The highest BCUT2D eigenvalue weighted by Crippen LogP contribution is 2.11. The first-order valence-corrected chi connectivity index (χ1v) is 6.41. The first-order valence-electron chi connectivity index (χ1n) is 6.41. The van der Waals surface area contributed by atoms with Crippen LogP contribution in [0.4, 0.5) is 4.39 Å². The van der Waals surface area contributed by atoms with Crippen molar-refractivity contribution in [2.45, 2.75) is 32.1 Å². The molecule has 0 fully saturated rings. The Balaban J connectivity index is 1.84. The summed E-state index contributed by atoms with van der Waals surface area (Å²) in [5.74, 6) is -0.177. The van der Waals surface area contributed by atoms with Gasteiger partial charge in [0.2, 0.25) is 11.8 Å². The second-order valence-electron chi connectivity index (χ2n) is 4.50. The van der Waals surface area contributed by atoms with Gasteiger partial charge in [-0.2, -0.15) is 0 Å². The average Bonchev–Trinajstić information content (AvgIpc) is 2.82. The first-order chi connectivity index (χ1) is 9.63. The molecule has 20 heavy (non-hydrogen) atoms. The van der Waals surface area contributed by atoms with Gasteiger partial charge >= 0.3 is 5.97 Å². The van der Waals surface area contributed by atoms with Gasteiger partial charge in [-0.3, -0.25) is 4.79 Å². The van der Waals surface area contributed by atoms with Crippen molar-refractivity contribution in [2.75, 3.05) is 0 Å². The maximum absolute atomic E-state index is 13.0. The van der Waals surface area contributed by atoms with Gasteiger partial charge in [0.05, 0.1) is 6.42 Å². The summed E-state index contributed by atoms with van der Waals surface area (Å²) in [7, 11) is 0. The van der Waals surface area contributed by atoms with Gasteiger partial charge in [-0.1, -0.05) is 12.1 Å². The SMILES string of the molecule is O=C(O)CCCCc1nnc(Cc2cccc(F)c2)o1. The molecule has 1 N–H and O–H groups in total. The van der Waals surface area contributed by atoms with Crippen LogP contribution >= 0.6 is 0 Å². The van der Waals surface area contributed by atoms with E-state index in [9.17, 15) is 9.18 Å². The van der Waals surface area contributed by atoms with E-state index in [1.165, 1.54) is 12.1 Å². The lowest BCUT2D eigenvalue weighted by atomic mass is 10.1. The molecule has 2 aromatic rings. The van der Waals surface area contributed by atoms with Gasteiger partial charge < -0.3 is 9.52 Å². The Bertz CT molecular complexity index is 583. The Morgan fingerprint density at radius 1 is 1.25 bits per heavy atom. The summed E-state index contributed by atoms with van der Waals surface area (Å²) in [6.45, 7) is 0. The van der Waals surface area contributed by atoms with Crippen LogP contribution in [-0.2, 0) is 17.6 Å². The quantitative estimate of drug-likeness (QED) is 0.788. The second kappa shape index (κ2) is 6.79. The third kappa shape index (κ3) is 4.46. The third-order valence-corrected chi connectivity index (χ3v) is 2.78. The Hall–Kier alpha value is -2.24. The number of carboxylic acid groups (broad SMARTS) is 1. The maximum atomic E-state index is 13.0. The van der Waals surface area contributed by atoms with E-state index in [2.05, 4.69) is 10.2 Å². The van der Waals surface area contributed by atoms with E-state index in [1.807, 2.05) is 0 Å². The molecule has 0 aliphatic carbocycles. The normalized spacial score (nSPS) is 10.7. The number of hydrogen-bond acceptors (Lipinski definition) is 4. The van der Waals surface area contributed by atoms with Gasteiger partial charge in [-0.15, -0.1) is 10.2 Å². The van der Waals surface area contributed by atoms with Crippen molar-refractivity contribution in [3.05, 3.63) is 47.4 Å². The Labute approximate surface area is 115 Å². The zero-order valence-corrected chi connectivity index (χ0v) is 10.9. The average molecular weight is 278 g/mol. The van der Waals surface area contributed by atoms with Crippen LogP contribution in [-0.4, -0.2) is 21.3 Å². The van der Waals surface area contributed by atoms with Gasteiger partial charge in [0.25, 0.3) is 0 Å². The lowest BCUT2D eigenvalue weighted by Crippen LogP contribution is -1.95. The summed E-state index contributed by atoms with van der Waals surface area (Å²) in [5, 5.41) is 16.3. The summed E-state index contributed by atoms with van der Waals surface area (Å²) in [6, 6.07) is 6.23. The Morgan fingerprint density at radius 2 is 2.05 bits per heavy atom. The molecule has 1 heterocycles. The van der Waals surface area contributed by atoms with Gasteiger partial charge in [0.1, 0.15) is 5.82 Å². The summed E-state index contributed by atoms with van der Waals surface area (Å²) < 4.78 is 18.5. The van der Waals surface area contributed by atoms with Gasteiger partial charge in [-0.05, 0) is 30.5 Å². The molecule has 0 saturated heterocycles. The third-order valence-electron chi connectivity index (χ3n) is 2.78. The maximum Gasteiger partial charge on any atom is 0.303 e. The summed E-state index contributed by atoms with van der Waals surface area (Å²) in [5.41, 5.74) is 0.770. The Kier molecular flexibility index (Phi) is 4.81. The van der Waals surface area contributed by atoms with Gasteiger partial charge in [0.15, 0.2) is 0 Å². The standard InChI is InChI=1S/C14H15FN2O3/c15-11-5-3-4-10(8-11)9-13-17-16-12(20-13)6-1-2-7-14(18)19/h3-5,8H,1-2,6-7,9H2,(H,18,19). The number of aromatic nitrogens is 2. The monoisotopic (exact) mass is 278 g/mol. The van der Waals surface area contributed by atoms with Crippen molar-refractivity contribution >= 4 is 5.97 Å². The lowest BCUT2D eigenvalue weighted by molar-refractivity contribution is -0.137. The van der Waals surface area contributed by atoms with E-state index in [-0.39, 0.29) is 12.2 Å². The number of aryl methyl sites for hydroxylation is 1. The van der Waals surface area contributed by atoms with E-state index in [1.54, 1.807) is 12.1 Å². The smallest absolute Gasteiger partial charge is 0.303 e. The van der Waals surface area contributed by atoms with Crippen molar-refractivity contribution in [1.82, 2.24) is 10.2 Å². The van der Waals surface area contributed by atoms with E-state index in [0.29, 0.717) is 37.5 Å². The van der Waals surface area contributed by atoms with Crippen LogP contribution in [0.1, 0.15) is 36.6 Å². The lowest BCUT2D eigenvalue weighted by Gasteiger charge is -1.97. The molecule has 5 nitrogen and oxygen atoms in total. The number of carbonyl (C=O) groups is 1. The van der Waals surface area contributed by atoms with E-state index >= 15 is 0 Å². The molecular weight excluding hydrogens is 263 g/mol. The fraction of sp³-hybridized carbons (Fsp3) is 0.357. The summed E-state index contributed by atoms with van der Waals surface area (Å²) >= 11 is 0. The molecular formula is C14H15FN2O3. The van der Waals surface area contributed by atoms with Crippen LogP contribution in [0.15, 0.2) is 28.7 Å². The van der Waals surface area contributed by atoms with Crippen molar-refractivity contribution in [3.8, 4) is 0 Å². The molecule has 1 aromatic heterocycles. The molecule has 0 atom stereocenters. The number of aliphatic carboxylic acids is 1. The first kappa shape index (κ1) is 14.2. The minimum Gasteiger partial charge on any atom is -0.481 e. The van der Waals surface area contributed by atoms with E-state index in [0.717, 1.165) is 5.56 Å². The molecule has 0 spiro atoms. The van der Waals surface area contributed by atoms with Gasteiger partial charge in [-0.25, -0.2) is 4.39 Å². The molecule has 0 aliphatic rings. The zero-order valence-electron chi connectivity index (χ0n) is 10.9. The summed E-state index contributed by atoms with van der Waals surface area (Å²) in [4.78, 5) is 10.4. The molecule has 0 bridgehead atoms. The van der Waals surface area contributed by atoms with E-state index < -0.39 is 5.97 Å². The van der Waals surface area contributed by atoms with Crippen LogP contribution in [0, 0.1) is 5.82 Å². The summed E-state index contributed by atoms with van der Waals surface area (Å²) in [6.07, 6.45) is 2.36. The number of benzene rings is 1. The van der Waals surface area contributed by atoms with Crippen LogP contribution in [0.25, 0.3) is 0 Å². The predicted octanol–water partition coefficient (Wildman–Crippen LogP) is 2.60. The number of nitrogens with zero attached hydrogens (tertiary/aromatic N) is 2. The number of halogens is 1. The molecule has 0 radical (unpaired) electrons. The molecule has 6 heteroatoms. The largest absolute Gasteiger partial charge is 0.481 e. The molecule has 0 saturated carbocycles. The molecule has 1 aromatic carbocycles. The highest BCUT2D eigenvalue weighted by molar-refractivity contribution is 5.66. The van der Waals surface area contributed by atoms with Crippen molar-refractivity contribution in [2.24, 2.45) is 0 Å². The van der Waals surface area contributed by atoms with Crippen LogP contribution in [0.3, 0.4) is 0 Å². The number of carboxylic acids is 1. The van der Waals surface area contributed by atoms with Gasteiger partial charge in [0, 0.05) is 12.8 Å². The number of rotatable bonds is 7. The molecule has 0 amide bonds. The zero-order chi connectivity index (χ0) is 14.4. The van der Waals surface area contributed by atoms with E-state index in [4.69, 9.17) is 9.52 Å². The van der Waals surface area contributed by atoms with Crippen LogP contribution in [0.5, 0.6) is 0 Å². The molecule has 2 rings (SSSR count). The number of unbranched alkanes of at least 4 members (excludes halogenated alkanes) is 1. The highest BCUT2D eigenvalue weighted by Gasteiger charge is 2.08. The van der Waals surface area contributed by atoms with Crippen LogP contribution in [0.2, 0.25) is 0 Å². The molecule has 0 aliphatic heterocycles.